The third kappa shape index (κ3) is 3.73. The van der Waals surface area contributed by atoms with Crippen molar-refractivity contribution in [2.45, 2.75) is 76.2 Å². The standard InChI is InChI=1S/C23H42N2O4/c1-19(2,3)14-15(17(27)24-16(14)26)21(7,8)22(9,10)23(11,20(4,5)6)18(28)25(12)29-13/h14-15H,1-13H3,(H,24,26,27). The molecule has 0 radical (unpaired) electrons. The number of hydrogen-bond donors (Lipinski definition) is 1. The molecule has 3 amide bonds. The smallest absolute Gasteiger partial charge is 0.252 e. The normalized spacial score (nSPS) is 23.6. The molecule has 1 heterocycles. The highest BCUT2D eigenvalue weighted by Gasteiger charge is 2.66. The molecule has 1 N–H and O–H groups in total. The molecule has 29 heavy (non-hydrogen) atoms. The summed E-state index contributed by atoms with van der Waals surface area (Å²) in [5, 5.41) is 3.83. The van der Waals surface area contributed by atoms with Gasteiger partial charge in [-0.15, -0.1) is 0 Å². The maximum absolute atomic E-state index is 13.6. The molecule has 0 aliphatic carbocycles. The van der Waals surface area contributed by atoms with Gasteiger partial charge < -0.3 is 0 Å². The summed E-state index contributed by atoms with van der Waals surface area (Å²) >= 11 is 0. The van der Waals surface area contributed by atoms with E-state index in [9.17, 15) is 14.4 Å². The molecule has 3 unspecified atom stereocenters. The Balaban J connectivity index is 3.74. The van der Waals surface area contributed by atoms with Crippen molar-refractivity contribution < 1.29 is 19.2 Å². The fraction of sp³-hybridized carbons (Fsp3) is 0.870. The topological polar surface area (TPSA) is 75.7 Å². The molecule has 6 heteroatoms. The van der Waals surface area contributed by atoms with E-state index in [4.69, 9.17) is 4.84 Å². The fourth-order valence-corrected chi connectivity index (χ4v) is 5.17. The van der Waals surface area contributed by atoms with Gasteiger partial charge in [0.1, 0.15) is 0 Å². The number of rotatable bonds is 5. The second-order valence-corrected chi connectivity index (χ2v) is 11.9. The highest BCUT2D eigenvalue weighted by Crippen LogP contribution is 2.64. The van der Waals surface area contributed by atoms with Gasteiger partial charge in [0.05, 0.1) is 24.4 Å². The zero-order chi connectivity index (χ0) is 23.4. The summed E-state index contributed by atoms with van der Waals surface area (Å²) in [6.45, 7) is 22.1. The van der Waals surface area contributed by atoms with E-state index in [1.165, 1.54) is 12.2 Å². The van der Waals surface area contributed by atoms with E-state index in [-0.39, 0.29) is 23.1 Å². The van der Waals surface area contributed by atoms with Crippen LogP contribution in [0.5, 0.6) is 0 Å². The van der Waals surface area contributed by atoms with E-state index in [2.05, 4.69) is 5.32 Å². The van der Waals surface area contributed by atoms with Crippen LogP contribution in [0.4, 0.5) is 0 Å². The Labute approximate surface area is 177 Å². The van der Waals surface area contributed by atoms with Crippen LogP contribution in [-0.4, -0.2) is 36.9 Å². The number of carbonyl (C=O) groups is 3. The maximum Gasteiger partial charge on any atom is 0.252 e. The minimum Gasteiger partial charge on any atom is -0.296 e. The van der Waals surface area contributed by atoms with Crippen LogP contribution >= 0.6 is 0 Å². The monoisotopic (exact) mass is 410 g/mol. The van der Waals surface area contributed by atoms with Gasteiger partial charge in [0, 0.05) is 7.05 Å². The Morgan fingerprint density at radius 2 is 1.28 bits per heavy atom. The van der Waals surface area contributed by atoms with Crippen LogP contribution < -0.4 is 5.32 Å². The number of nitrogens with zero attached hydrogens (tertiary/aromatic N) is 1. The first-order valence-electron chi connectivity index (χ1n) is 10.4. The van der Waals surface area contributed by atoms with E-state index in [1.54, 1.807) is 7.05 Å². The first-order chi connectivity index (χ1) is 12.7. The summed E-state index contributed by atoms with van der Waals surface area (Å²) in [4.78, 5) is 44.6. The van der Waals surface area contributed by atoms with E-state index < -0.39 is 33.5 Å². The summed E-state index contributed by atoms with van der Waals surface area (Å²) in [7, 11) is 3.08. The van der Waals surface area contributed by atoms with Gasteiger partial charge >= 0.3 is 0 Å². The van der Waals surface area contributed by atoms with Gasteiger partial charge in [-0.3, -0.25) is 24.5 Å². The van der Waals surface area contributed by atoms with Gasteiger partial charge in [0.2, 0.25) is 11.8 Å². The molecule has 6 nitrogen and oxygen atoms in total. The van der Waals surface area contributed by atoms with Gasteiger partial charge in [-0.05, 0) is 28.6 Å². The quantitative estimate of drug-likeness (QED) is 0.548. The van der Waals surface area contributed by atoms with Crippen LogP contribution in [-0.2, 0) is 19.2 Å². The minimum absolute atomic E-state index is 0.150. The molecule has 0 bridgehead atoms. The first kappa shape index (κ1) is 25.6. The van der Waals surface area contributed by atoms with E-state index in [0.717, 1.165) is 0 Å². The van der Waals surface area contributed by atoms with Crippen LogP contribution in [0, 0.1) is 38.9 Å². The number of carbonyl (C=O) groups excluding carboxylic acids is 3. The molecule has 1 fully saturated rings. The number of hydroxylamine groups is 2. The molecular formula is C23H42N2O4. The summed E-state index contributed by atoms with van der Waals surface area (Å²) < 4.78 is 0. The SMILES string of the molecule is CON(C)C(=O)C(C)(C(C)(C)C)C(C)(C)C(C)(C)C1C(=O)NC(=O)C1C(C)(C)C. The van der Waals surface area contributed by atoms with Crippen molar-refractivity contribution in [3.8, 4) is 0 Å². The zero-order valence-corrected chi connectivity index (χ0v) is 20.7. The highest BCUT2D eigenvalue weighted by molar-refractivity contribution is 6.06. The predicted octanol–water partition coefficient (Wildman–Crippen LogP) is 4.05. The molecular weight excluding hydrogens is 368 g/mol. The predicted molar refractivity (Wildman–Crippen MR) is 114 cm³/mol. The molecule has 3 atom stereocenters. The van der Waals surface area contributed by atoms with E-state index in [0.29, 0.717) is 0 Å². The molecule has 0 aromatic heterocycles. The molecule has 1 saturated heterocycles. The lowest BCUT2D eigenvalue weighted by atomic mass is 9.43. The first-order valence-corrected chi connectivity index (χ1v) is 10.4. The number of hydrogen-bond acceptors (Lipinski definition) is 4. The van der Waals surface area contributed by atoms with Crippen LogP contribution in [0.2, 0.25) is 0 Å². The molecule has 168 valence electrons. The van der Waals surface area contributed by atoms with Gasteiger partial charge in [0.25, 0.3) is 5.91 Å². The third-order valence-corrected chi connectivity index (χ3v) is 8.20. The average molecular weight is 411 g/mol. The van der Waals surface area contributed by atoms with Crippen molar-refractivity contribution in [1.82, 2.24) is 10.4 Å². The molecule has 1 rings (SSSR count). The van der Waals surface area contributed by atoms with Crippen molar-refractivity contribution in [3.05, 3.63) is 0 Å². The van der Waals surface area contributed by atoms with Crippen LogP contribution in [0.3, 0.4) is 0 Å². The zero-order valence-electron chi connectivity index (χ0n) is 20.7. The minimum atomic E-state index is -0.886. The summed E-state index contributed by atoms with van der Waals surface area (Å²) in [5.74, 6) is -1.65. The van der Waals surface area contributed by atoms with Crippen molar-refractivity contribution in [2.24, 2.45) is 38.9 Å². The summed E-state index contributed by atoms with van der Waals surface area (Å²) in [5.41, 5.74) is -3.05. The molecule has 0 spiro atoms. The Morgan fingerprint density at radius 3 is 1.62 bits per heavy atom. The van der Waals surface area contributed by atoms with Crippen LogP contribution in [0.25, 0.3) is 0 Å². The molecule has 0 aromatic carbocycles. The summed E-state index contributed by atoms with van der Waals surface area (Å²) in [6, 6.07) is 0. The van der Waals surface area contributed by atoms with Crippen LogP contribution in [0.1, 0.15) is 76.2 Å². The van der Waals surface area contributed by atoms with Crippen LogP contribution in [0.15, 0.2) is 0 Å². The highest BCUT2D eigenvalue weighted by atomic mass is 16.7. The Bertz CT molecular complexity index is 682. The van der Waals surface area contributed by atoms with Gasteiger partial charge in [0.15, 0.2) is 0 Å². The lowest BCUT2D eigenvalue weighted by molar-refractivity contribution is -0.209. The van der Waals surface area contributed by atoms with Gasteiger partial charge in [-0.2, -0.15) is 0 Å². The second-order valence-electron chi connectivity index (χ2n) is 11.9. The Hall–Kier alpha value is -1.43. The van der Waals surface area contributed by atoms with Crippen molar-refractivity contribution in [1.29, 1.82) is 0 Å². The van der Waals surface area contributed by atoms with E-state index >= 15 is 0 Å². The molecule has 1 aliphatic rings. The third-order valence-electron chi connectivity index (χ3n) is 8.20. The summed E-state index contributed by atoms with van der Waals surface area (Å²) in [6.07, 6.45) is 0. The van der Waals surface area contributed by atoms with Crippen molar-refractivity contribution in [3.63, 3.8) is 0 Å². The Kier molecular flexibility index (Phi) is 6.50. The second kappa shape index (κ2) is 7.36. The average Bonchev–Trinajstić information content (AvgIpc) is 2.85. The number of amides is 3. The fourth-order valence-electron chi connectivity index (χ4n) is 5.17. The lowest BCUT2D eigenvalue weighted by Gasteiger charge is -2.60. The lowest BCUT2D eigenvalue weighted by Crippen LogP contribution is -2.62. The van der Waals surface area contributed by atoms with Crippen molar-refractivity contribution >= 4 is 17.7 Å². The molecule has 0 aromatic rings. The number of imide groups is 1. The van der Waals surface area contributed by atoms with Gasteiger partial charge in [-0.25, -0.2) is 5.06 Å². The largest absolute Gasteiger partial charge is 0.296 e. The molecule has 0 saturated carbocycles. The molecule has 1 aliphatic heterocycles. The Morgan fingerprint density at radius 1 is 0.862 bits per heavy atom. The van der Waals surface area contributed by atoms with Gasteiger partial charge in [-0.1, -0.05) is 69.2 Å². The maximum atomic E-state index is 13.6. The van der Waals surface area contributed by atoms with E-state index in [1.807, 2.05) is 76.2 Å². The van der Waals surface area contributed by atoms with Crippen molar-refractivity contribution in [2.75, 3.05) is 14.2 Å². The number of nitrogens with one attached hydrogen (secondary N) is 1.